The summed E-state index contributed by atoms with van der Waals surface area (Å²) in [6.07, 6.45) is -0.319. The fraction of sp³-hybridized carbons (Fsp3) is 0.478. The van der Waals surface area contributed by atoms with Crippen molar-refractivity contribution in [3.8, 4) is 0 Å². The molecule has 14 heteroatoms. The fourth-order valence-corrected chi connectivity index (χ4v) is 3.33. The Morgan fingerprint density at radius 1 is 0.784 bits per heavy atom. The van der Waals surface area contributed by atoms with Crippen molar-refractivity contribution in [1.29, 1.82) is 0 Å². The van der Waals surface area contributed by atoms with E-state index in [9.17, 15) is 28.8 Å². The van der Waals surface area contributed by atoms with Gasteiger partial charge in [0, 0.05) is 0 Å². The van der Waals surface area contributed by atoms with Gasteiger partial charge in [-0.15, -0.1) is 0 Å². The molecule has 4 amide bonds. The second-order valence-corrected chi connectivity index (χ2v) is 8.37. The number of hydrogen-bond donors (Lipinski definition) is 8. The molecule has 0 bridgehead atoms. The Hall–Kier alpha value is -4.04. The number of carbonyl (C=O) groups excluding carboxylic acids is 4. The van der Waals surface area contributed by atoms with Gasteiger partial charge in [0.05, 0.1) is 18.9 Å². The SMILES string of the molecule is NCCCCC(NC(=O)C(N)Cc1ccccc1)C(=O)NC(CC(N)=O)C(=O)NC(CC(=O)O)C(=O)O. The second-order valence-electron chi connectivity index (χ2n) is 8.37. The number of carbonyl (C=O) groups is 6. The van der Waals surface area contributed by atoms with Crippen molar-refractivity contribution in [2.24, 2.45) is 17.2 Å². The van der Waals surface area contributed by atoms with Crippen LogP contribution >= 0.6 is 0 Å². The maximum Gasteiger partial charge on any atom is 0.326 e. The minimum absolute atomic E-state index is 0.133. The average Bonchev–Trinajstić information content (AvgIpc) is 2.82. The van der Waals surface area contributed by atoms with Crippen LogP contribution in [0.3, 0.4) is 0 Å². The number of hydrogen-bond acceptors (Lipinski definition) is 8. The number of rotatable bonds is 17. The summed E-state index contributed by atoms with van der Waals surface area (Å²) in [5.74, 6) is -6.70. The lowest BCUT2D eigenvalue weighted by Gasteiger charge is -2.24. The van der Waals surface area contributed by atoms with Crippen LogP contribution in [0.5, 0.6) is 0 Å². The molecule has 1 aromatic carbocycles. The van der Waals surface area contributed by atoms with E-state index in [1.54, 1.807) is 24.3 Å². The zero-order valence-corrected chi connectivity index (χ0v) is 20.2. The van der Waals surface area contributed by atoms with Crippen LogP contribution in [0.15, 0.2) is 30.3 Å². The van der Waals surface area contributed by atoms with E-state index < -0.39 is 72.6 Å². The van der Waals surface area contributed by atoms with Gasteiger partial charge in [0.15, 0.2) is 0 Å². The highest BCUT2D eigenvalue weighted by Crippen LogP contribution is 2.06. The van der Waals surface area contributed by atoms with Crippen molar-refractivity contribution in [3.05, 3.63) is 35.9 Å². The first kappa shape index (κ1) is 31.0. The van der Waals surface area contributed by atoms with Crippen LogP contribution in [0.2, 0.25) is 0 Å². The normalized spacial score (nSPS) is 13.9. The monoisotopic (exact) mass is 522 g/mol. The van der Waals surface area contributed by atoms with Gasteiger partial charge < -0.3 is 43.4 Å². The zero-order valence-electron chi connectivity index (χ0n) is 20.2. The predicted molar refractivity (Wildman–Crippen MR) is 131 cm³/mol. The molecule has 0 aliphatic heterocycles. The van der Waals surface area contributed by atoms with E-state index in [0.717, 1.165) is 5.56 Å². The van der Waals surface area contributed by atoms with Gasteiger partial charge in [0.1, 0.15) is 18.1 Å². The quantitative estimate of drug-likeness (QED) is 0.100. The van der Waals surface area contributed by atoms with E-state index in [1.165, 1.54) is 0 Å². The largest absolute Gasteiger partial charge is 0.481 e. The van der Waals surface area contributed by atoms with Gasteiger partial charge in [-0.3, -0.25) is 24.0 Å². The van der Waals surface area contributed by atoms with E-state index >= 15 is 0 Å². The third-order valence-electron chi connectivity index (χ3n) is 5.25. The highest BCUT2D eigenvalue weighted by Gasteiger charge is 2.31. The molecule has 0 aromatic heterocycles. The van der Waals surface area contributed by atoms with E-state index in [0.29, 0.717) is 19.4 Å². The molecule has 204 valence electrons. The maximum atomic E-state index is 13.0. The van der Waals surface area contributed by atoms with Crippen LogP contribution in [-0.4, -0.2) is 76.5 Å². The number of aliphatic carboxylic acids is 2. The van der Waals surface area contributed by atoms with Crippen LogP contribution in [0.4, 0.5) is 0 Å². The molecular formula is C23H34N6O8. The summed E-state index contributed by atoms with van der Waals surface area (Å²) in [6.45, 7) is 0.336. The minimum atomic E-state index is -1.81. The molecule has 0 heterocycles. The molecule has 0 spiro atoms. The fourth-order valence-electron chi connectivity index (χ4n) is 3.33. The lowest BCUT2D eigenvalue weighted by Crippen LogP contribution is -2.58. The van der Waals surface area contributed by atoms with Crippen LogP contribution in [-0.2, 0) is 35.2 Å². The van der Waals surface area contributed by atoms with Crippen molar-refractivity contribution in [3.63, 3.8) is 0 Å². The van der Waals surface area contributed by atoms with Crippen molar-refractivity contribution >= 4 is 35.6 Å². The topological polar surface area (TPSA) is 257 Å². The zero-order chi connectivity index (χ0) is 28.0. The summed E-state index contributed by atoms with van der Waals surface area (Å²) in [5.41, 5.74) is 17.5. The van der Waals surface area contributed by atoms with Crippen molar-refractivity contribution in [2.45, 2.75) is 62.7 Å². The van der Waals surface area contributed by atoms with Crippen molar-refractivity contribution in [2.75, 3.05) is 6.54 Å². The number of amides is 4. The first-order chi connectivity index (χ1) is 17.4. The molecule has 1 rings (SSSR count). The van der Waals surface area contributed by atoms with Crippen molar-refractivity contribution in [1.82, 2.24) is 16.0 Å². The van der Waals surface area contributed by atoms with Gasteiger partial charge >= 0.3 is 11.9 Å². The summed E-state index contributed by atoms with van der Waals surface area (Å²) >= 11 is 0. The van der Waals surface area contributed by atoms with Crippen LogP contribution < -0.4 is 33.2 Å². The molecule has 11 N–H and O–H groups in total. The Bertz CT molecular complexity index is 958. The first-order valence-electron chi connectivity index (χ1n) is 11.6. The number of nitrogens with two attached hydrogens (primary N) is 3. The molecule has 0 saturated heterocycles. The van der Waals surface area contributed by atoms with Gasteiger partial charge in [0.25, 0.3) is 0 Å². The number of primary amides is 1. The molecular weight excluding hydrogens is 488 g/mol. The lowest BCUT2D eigenvalue weighted by atomic mass is 10.0. The smallest absolute Gasteiger partial charge is 0.326 e. The molecule has 0 aliphatic carbocycles. The number of nitrogens with one attached hydrogen (secondary N) is 3. The van der Waals surface area contributed by atoms with E-state index in [4.69, 9.17) is 27.4 Å². The standard InChI is InChI=1S/C23H34N6O8/c24-9-5-4-8-15(27-20(33)14(25)10-13-6-2-1-3-7-13)21(34)28-16(11-18(26)30)22(35)29-17(23(36)37)12-19(31)32/h1-3,6-7,14-17H,4-5,8-12,24-25H2,(H2,26,30)(H,27,33)(H,28,34)(H,29,35)(H,31,32)(H,36,37). The average molecular weight is 523 g/mol. The number of benzene rings is 1. The highest BCUT2D eigenvalue weighted by atomic mass is 16.4. The summed E-state index contributed by atoms with van der Waals surface area (Å²) in [5, 5.41) is 24.8. The minimum Gasteiger partial charge on any atom is -0.481 e. The molecule has 0 radical (unpaired) electrons. The Labute approximate surface area is 213 Å². The molecule has 0 aliphatic rings. The summed E-state index contributed by atoms with van der Waals surface area (Å²) in [6, 6.07) is 3.41. The van der Waals surface area contributed by atoms with E-state index in [1.807, 2.05) is 11.4 Å². The van der Waals surface area contributed by atoms with Crippen LogP contribution in [0.1, 0.15) is 37.7 Å². The summed E-state index contributed by atoms with van der Waals surface area (Å²) in [4.78, 5) is 72.0. The predicted octanol–water partition coefficient (Wildman–Crippen LogP) is -2.43. The number of carboxylic acid groups (broad SMARTS) is 2. The van der Waals surface area contributed by atoms with Gasteiger partial charge in [0.2, 0.25) is 23.6 Å². The molecule has 1 aromatic rings. The third-order valence-corrected chi connectivity index (χ3v) is 5.25. The Balaban J connectivity index is 2.98. The molecule has 14 nitrogen and oxygen atoms in total. The Kier molecular flexibility index (Phi) is 13.3. The molecule has 37 heavy (non-hydrogen) atoms. The van der Waals surface area contributed by atoms with Crippen LogP contribution in [0, 0.1) is 0 Å². The Morgan fingerprint density at radius 2 is 1.35 bits per heavy atom. The molecule has 0 fully saturated rings. The molecule has 0 saturated carbocycles. The second kappa shape index (κ2) is 15.9. The summed E-state index contributed by atoms with van der Waals surface area (Å²) < 4.78 is 0. The van der Waals surface area contributed by atoms with E-state index in [-0.39, 0.29) is 12.8 Å². The molecule has 4 unspecified atom stereocenters. The molecule has 4 atom stereocenters. The van der Waals surface area contributed by atoms with Gasteiger partial charge in [-0.25, -0.2) is 4.79 Å². The summed E-state index contributed by atoms with van der Waals surface area (Å²) in [7, 11) is 0. The maximum absolute atomic E-state index is 13.0. The van der Waals surface area contributed by atoms with Crippen LogP contribution in [0.25, 0.3) is 0 Å². The first-order valence-corrected chi connectivity index (χ1v) is 11.6. The number of unbranched alkanes of at least 4 members (excludes halogenated alkanes) is 1. The van der Waals surface area contributed by atoms with Crippen molar-refractivity contribution < 1.29 is 39.0 Å². The highest BCUT2D eigenvalue weighted by molar-refractivity contribution is 5.96. The van der Waals surface area contributed by atoms with Gasteiger partial charge in [-0.2, -0.15) is 0 Å². The Morgan fingerprint density at radius 3 is 1.89 bits per heavy atom. The van der Waals surface area contributed by atoms with E-state index in [2.05, 4.69) is 10.6 Å². The van der Waals surface area contributed by atoms with Gasteiger partial charge in [-0.05, 0) is 37.8 Å². The number of carboxylic acids is 2. The third kappa shape index (κ3) is 12.0. The van der Waals surface area contributed by atoms with Gasteiger partial charge in [-0.1, -0.05) is 30.3 Å². The lowest BCUT2D eigenvalue weighted by molar-refractivity contribution is -0.147.